The highest BCUT2D eigenvalue weighted by Gasteiger charge is 2.23. The number of hydrogen-bond acceptors (Lipinski definition) is 2. The molecule has 0 spiro atoms. The SMILES string of the molecule is CC(=O)Oc1ccc(C[S+](Cc2ccccc2)c2cccc(C)c2)cc1. The first-order chi connectivity index (χ1) is 12.6. The Kier molecular flexibility index (Phi) is 6.13. The summed E-state index contributed by atoms with van der Waals surface area (Å²) in [7, 11) is 0.0748. The van der Waals surface area contributed by atoms with Gasteiger partial charge in [-0.2, -0.15) is 0 Å². The molecule has 3 heteroatoms. The van der Waals surface area contributed by atoms with Crippen LogP contribution >= 0.6 is 0 Å². The molecule has 0 saturated carbocycles. The Bertz CT molecular complexity index is 857. The number of esters is 1. The number of aryl methyl sites for hydroxylation is 1. The van der Waals surface area contributed by atoms with Crippen molar-refractivity contribution in [1.82, 2.24) is 0 Å². The molecule has 1 atom stereocenters. The van der Waals surface area contributed by atoms with Crippen molar-refractivity contribution < 1.29 is 9.53 Å². The molecule has 0 bridgehead atoms. The predicted molar refractivity (Wildman–Crippen MR) is 108 cm³/mol. The van der Waals surface area contributed by atoms with Gasteiger partial charge < -0.3 is 4.74 Å². The van der Waals surface area contributed by atoms with E-state index in [-0.39, 0.29) is 16.9 Å². The van der Waals surface area contributed by atoms with Crippen LogP contribution < -0.4 is 4.74 Å². The van der Waals surface area contributed by atoms with E-state index < -0.39 is 0 Å². The second-order valence-electron chi connectivity index (χ2n) is 6.32. The van der Waals surface area contributed by atoms with Crippen LogP contribution in [0, 0.1) is 6.92 Å². The van der Waals surface area contributed by atoms with Gasteiger partial charge in [-0.05, 0) is 36.8 Å². The van der Waals surface area contributed by atoms with Crippen molar-refractivity contribution in [2.75, 3.05) is 0 Å². The predicted octanol–water partition coefficient (Wildman–Crippen LogP) is 5.30. The standard InChI is InChI=1S/C23H23O2S/c1-18-7-6-10-23(15-18)26(16-20-8-4-3-5-9-20)17-21-11-13-22(14-12-21)25-19(2)24/h3-15H,16-17H2,1-2H3/q+1. The molecule has 26 heavy (non-hydrogen) atoms. The van der Waals surface area contributed by atoms with Crippen molar-refractivity contribution in [3.8, 4) is 5.75 Å². The van der Waals surface area contributed by atoms with E-state index in [4.69, 9.17) is 4.74 Å². The second-order valence-corrected chi connectivity index (χ2v) is 8.36. The zero-order valence-corrected chi connectivity index (χ0v) is 16.0. The van der Waals surface area contributed by atoms with Crippen LogP contribution in [-0.4, -0.2) is 5.97 Å². The highest BCUT2D eigenvalue weighted by Crippen LogP contribution is 2.25. The van der Waals surface area contributed by atoms with Crippen LogP contribution in [0.5, 0.6) is 5.75 Å². The van der Waals surface area contributed by atoms with Gasteiger partial charge in [-0.15, -0.1) is 0 Å². The Morgan fingerprint density at radius 1 is 0.846 bits per heavy atom. The van der Waals surface area contributed by atoms with Gasteiger partial charge in [0, 0.05) is 28.9 Å². The molecule has 3 aromatic rings. The third-order valence-corrected chi connectivity index (χ3v) is 6.32. The van der Waals surface area contributed by atoms with Crippen molar-refractivity contribution in [3.63, 3.8) is 0 Å². The van der Waals surface area contributed by atoms with E-state index in [1.165, 1.54) is 28.5 Å². The first-order valence-electron chi connectivity index (χ1n) is 8.65. The molecule has 3 aromatic carbocycles. The Hall–Kier alpha value is -2.52. The second kappa shape index (κ2) is 8.72. The molecule has 0 aromatic heterocycles. The van der Waals surface area contributed by atoms with Gasteiger partial charge in [-0.3, -0.25) is 4.79 Å². The molecule has 0 radical (unpaired) electrons. The smallest absolute Gasteiger partial charge is 0.308 e. The summed E-state index contributed by atoms with van der Waals surface area (Å²) in [4.78, 5) is 12.5. The van der Waals surface area contributed by atoms with Crippen molar-refractivity contribution in [2.45, 2.75) is 30.2 Å². The fourth-order valence-electron chi connectivity index (χ4n) is 2.81. The third kappa shape index (κ3) is 5.24. The molecule has 0 amide bonds. The Morgan fingerprint density at radius 3 is 2.12 bits per heavy atom. The van der Waals surface area contributed by atoms with E-state index >= 15 is 0 Å². The normalized spacial score (nSPS) is 11.8. The largest absolute Gasteiger partial charge is 0.427 e. The molecule has 0 N–H and O–H groups in total. The summed E-state index contributed by atoms with van der Waals surface area (Å²) in [5.41, 5.74) is 3.90. The lowest BCUT2D eigenvalue weighted by molar-refractivity contribution is -0.131. The molecule has 0 aliphatic carbocycles. The van der Waals surface area contributed by atoms with E-state index in [1.807, 2.05) is 12.1 Å². The Balaban J connectivity index is 1.82. The van der Waals surface area contributed by atoms with Crippen LogP contribution in [0.3, 0.4) is 0 Å². The highest BCUT2D eigenvalue weighted by atomic mass is 32.2. The number of ether oxygens (including phenoxy) is 1. The van der Waals surface area contributed by atoms with Crippen molar-refractivity contribution in [1.29, 1.82) is 0 Å². The highest BCUT2D eigenvalue weighted by molar-refractivity contribution is 7.95. The molecular formula is C23H23O2S+. The summed E-state index contributed by atoms with van der Waals surface area (Å²) in [6, 6.07) is 27.3. The Morgan fingerprint density at radius 2 is 1.50 bits per heavy atom. The van der Waals surface area contributed by atoms with Gasteiger partial charge in [-0.1, -0.05) is 54.6 Å². The van der Waals surface area contributed by atoms with E-state index in [0.717, 1.165) is 11.5 Å². The minimum Gasteiger partial charge on any atom is -0.427 e. The fraction of sp³-hybridized carbons (Fsp3) is 0.174. The van der Waals surface area contributed by atoms with Crippen LogP contribution in [0.2, 0.25) is 0 Å². The monoisotopic (exact) mass is 363 g/mol. The number of rotatable bonds is 6. The van der Waals surface area contributed by atoms with Gasteiger partial charge in [0.25, 0.3) is 0 Å². The zero-order valence-electron chi connectivity index (χ0n) is 15.1. The van der Waals surface area contributed by atoms with Crippen LogP contribution in [0.15, 0.2) is 83.8 Å². The Labute approximate surface area is 158 Å². The summed E-state index contributed by atoms with van der Waals surface area (Å²) in [6.07, 6.45) is 0. The molecule has 2 nitrogen and oxygen atoms in total. The molecule has 132 valence electrons. The minimum atomic E-state index is -0.290. The van der Waals surface area contributed by atoms with E-state index in [0.29, 0.717) is 5.75 Å². The quantitative estimate of drug-likeness (QED) is 0.337. The summed E-state index contributed by atoms with van der Waals surface area (Å²) < 4.78 is 5.13. The summed E-state index contributed by atoms with van der Waals surface area (Å²) >= 11 is 0. The van der Waals surface area contributed by atoms with Crippen LogP contribution in [0.4, 0.5) is 0 Å². The van der Waals surface area contributed by atoms with Gasteiger partial charge in [0.2, 0.25) is 0 Å². The fourth-order valence-corrected chi connectivity index (χ4v) is 5.06. The summed E-state index contributed by atoms with van der Waals surface area (Å²) in [5, 5.41) is 0. The van der Waals surface area contributed by atoms with Crippen LogP contribution in [0.25, 0.3) is 0 Å². The van der Waals surface area contributed by atoms with E-state index in [1.54, 1.807) is 0 Å². The lowest BCUT2D eigenvalue weighted by Gasteiger charge is -2.10. The number of hydrogen-bond donors (Lipinski definition) is 0. The lowest BCUT2D eigenvalue weighted by atomic mass is 10.2. The maximum absolute atomic E-state index is 11.1. The third-order valence-electron chi connectivity index (χ3n) is 4.03. The zero-order chi connectivity index (χ0) is 18.4. The van der Waals surface area contributed by atoms with Gasteiger partial charge in [0.05, 0.1) is 0 Å². The average molecular weight is 364 g/mol. The maximum atomic E-state index is 11.1. The molecule has 3 rings (SSSR count). The van der Waals surface area contributed by atoms with Crippen LogP contribution in [-0.2, 0) is 27.2 Å². The molecule has 0 aliphatic rings. The van der Waals surface area contributed by atoms with Gasteiger partial charge in [0.1, 0.15) is 17.3 Å². The molecule has 0 saturated heterocycles. The van der Waals surface area contributed by atoms with Gasteiger partial charge in [-0.25, -0.2) is 0 Å². The molecular weight excluding hydrogens is 340 g/mol. The van der Waals surface area contributed by atoms with Gasteiger partial charge >= 0.3 is 5.97 Å². The molecule has 1 unspecified atom stereocenters. The van der Waals surface area contributed by atoms with E-state index in [9.17, 15) is 4.79 Å². The van der Waals surface area contributed by atoms with Crippen molar-refractivity contribution in [2.24, 2.45) is 0 Å². The van der Waals surface area contributed by atoms with E-state index in [2.05, 4.69) is 73.7 Å². The number of benzene rings is 3. The number of carbonyl (C=O) groups excluding carboxylic acids is 1. The topological polar surface area (TPSA) is 26.3 Å². The minimum absolute atomic E-state index is 0.0748. The molecule has 0 fully saturated rings. The molecule has 0 heterocycles. The first kappa shape index (κ1) is 18.3. The van der Waals surface area contributed by atoms with Crippen LogP contribution in [0.1, 0.15) is 23.6 Å². The summed E-state index contributed by atoms with van der Waals surface area (Å²) in [5.74, 6) is 2.30. The summed E-state index contributed by atoms with van der Waals surface area (Å²) in [6.45, 7) is 3.56. The lowest BCUT2D eigenvalue weighted by Crippen LogP contribution is -2.10. The van der Waals surface area contributed by atoms with Gasteiger partial charge in [0.15, 0.2) is 4.90 Å². The maximum Gasteiger partial charge on any atom is 0.308 e. The number of carbonyl (C=O) groups is 1. The van der Waals surface area contributed by atoms with Crippen molar-refractivity contribution in [3.05, 3.63) is 95.6 Å². The first-order valence-corrected chi connectivity index (χ1v) is 10.2. The van der Waals surface area contributed by atoms with Crippen molar-refractivity contribution >= 4 is 16.9 Å². The average Bonchev–Trinajstić information content (AvgIpc) is 2.63. The molecule has 0 aliphatic heterocycles.